The number of aromatic nitrogens is 1. The fraction of sp³-hybridized carbons (Fsp3) is 0.333. The maximum Gasteiger partial charge on any atom is 0.310 e. The van der Waals surface area contributed by atoms with E-state index in [9.17, 15) is 13.6 Å². The Hall–Kier alpha value is -1.24. The Kier molecular flexibility index (Phi) is 4.17. The third-order valence-corrected chi connectivity index (χ3v) is 2.66. The van der Waals surface area contributed by atoms with E-state index in [-0.39, 0.29) is 17.8 Å². The van der Waals surface area contributed by atoms with Crippen molar-refractivity contribution >= 4 is 27.7 Å². The molecule has 1 aromatic rings. The first-order valence-corrected chi connectivity index (χ1v) is 5.04. The lowest BCUT2D eigenvalue weighted by Gasteiger charge is -2.11. The van der Waals surface area contributed by atoms with Gasteiger partial charge in [-0.25, -0.2) is 13.8 Å². The molecule has 0 radical (unpaired) electrons. The number of hydrogen-bond acceptors (Lipinski definition) is 4. The van der Waals surface area contributed by atoms with Crippen molar-refractivity contribution in [3.63, 3.8) is 0 Å². The summed E-state index contributed by atoms with van der Waals surface area (Å²) in [4.78, 5) is 14.7. The first-order valence-electron chi connectivity index (χ1n) is 4.25. The van der Waals surface area contributed by atoms with Crippen molar-refractivity contribution in [2.45, 2.75) is 12.8 Å². The smallest absolute Gasteiger partial charge is 0.310 e. The third-order valence-electron chi connectivity index (χ3n) is 1.97. The van der Waals surface area contributed by atoms with Crippen molar-refractivity contribution < 1.29 is 18.3 Å². The second-order valence-corrected chi connectivity index (χ2v) is 3.79. The highest BCUT2D eigenvalue weighted by Crippen LogP contribution is 2.32. The number of methoxy groups -OCH3 is 1. The van der Waals surface area contributed by atoms with Gasteiger partial charge in [0, 0.05) is 10.7 Å². The summed E-state index contributed by atoms with van der Waals surface area (Å²) in [6.07, 6.45) is -1.78. The van der Waals surface area contributed by atoms with Crippen LogP contribution >= 0.6 is 15.9 Å². The summed E-state index contributed by atoms with van der Waals surface area (Å²) < 4.78 is 30.2. The molecule has 1 rings (SSSR count). The Labute approximate surface area is 98.9 Å². The number of esters is 1. The number of rotatable bonds is 3. The molecule has 0 aliphatic carbocycles. The Morgan fingerprint density at radius 3 is 2.81 bits per heavy atom. The lowest BCUT2D eigenvalue weighted by Crippen LogP contribution is -2.11. The molecule has 0 aliphatic rings. The average Bonchev–Trinajstić information content (AvgIpc) is 2.22. The van der Waals surface area contributed by atoms with Gasteiger partial charge >= 0.3 is 5.97 Å². The molecule has 0 spiro atoms. The molecule has 88 valence electrons. The Bertz CT molecular complexity index is 413. The van der Waals surface area contributed by atoms with Crippen LogP contribution in [-0.2, 0) is 16.0 Å². The average molecular weight is 295 g/mol. The van der Waals surface area contributed by atoms with Crippen molar-refractivity contribution in [1.82, 2.24) is 4.98 Å². The molecule has 4 nitrogen and oxygen atoms in total. The number of carbonyl (C=O) groups excluding carboxylic acids is 1. The van der Waals surface area contributed by atoms with E-state index in [4.69, 9.17) is 5.73 Å². The summed E-state index contributed by atoms with van der Waals surface area (Å²) in [6, 6.07) is 0. The van der Waals surface area contributed by atoms with E-state index in [2.05, 4.69) is 25.7 Å². The third kappa shape index (κ3) is 2.66. The van der Waals surface area contributed by atoms with Gasteiger partial charge in [0.1, 0.15) is 5.82 Å². The van der Waals surface area contributed by atoms with E-state index >= 15 is 0 Å². The van der Waals surface area contributed by atoms with Gasteiger partial charge in [-0.15, -0.1) is 0 Å². The van der Waals surface area contributed by atoms with Crippen molar-refractivity contribution in [1.29, 1.82) is 0 Å². The molecule has 0 aromatic carbocycles. The lowest BCUT2D eigenvalue weighted by molar-refractivity contribution is -0.139. The van der Waals surface area contributed by atoms with Crippen molar-refractivity contribution in [2.75, 3.05) is 12.8 Å². The van der Waals surface area contributed by atoms with Crippen LogP contribution in [0.15, 0.2) is 10.7 Å². The van der Waals surface area contributed by atoms with Crippen LogP contribution in [0.1, 0.15) is 17.6 Å². The zero-order valence-corrected chi connectivity index (χ0v) is 9.92. The highest BCUT2D eigenvalue weighted by molar-refractivity contribution is 9.10. The molecule has 1 aromatic heterocycles. The van der Waals surface area contributed by atoms with Gasteiger partial charge in [0.15, 0.2) is 0 Å². The number of nitrogens with two attached hydrogens (primary N) is 1. The summed E-state index contributed by atoms with van der Waals surface area (Å²) in [5, 5.41) is 0. The largest absolute Gasteiger partial charge is 0.469 e. The van der Waals surface area contributed by atoms with Gasteiger partial charge in [-0.05, 0) is 21.5 Å². The fourth-order valence-electron chi connectivity index (χ4n) is 1.20. The molecule has 0 unspecified atom stereocenters. The Balaban J connectivity index is 3.23. The number of nitrogens with zero attached hydrogens (tertiary/aromatic N) is 1. The molecule has 0 aliphatic heterocycles. The quantitative estimate of drug-likeness (QED) is 0.867. The van der Waals surface area contributed by atoms with Crippen LogP contribution in [0.5, 0.6) is 0 Å². The molecule has 0 bridgehead atoms. The number of carbonyl (C=O) groups is 1. The number of anilines is 1. The van der Waals surface area contributed by atoms with Gasteiger partial charge in [0.05, 0.1) is 19.1 Å². The Morgan fingerprint density at radius 2 is 2.31 bits per heavy atom. The van der Waals surface area contributed by atoms with Gasteiger partial charge in [-0.1, -0.05) is 0 Å². The van der Waals surface area contributed by atoms with Gasteiger partial charge in [0.2, 0.25) is 0 Å². The molecule has 0 saturated heterocycles. The number of halogens is 3. The van der Waals surface area contributed by atoms with Crippen LogP contribution in [0.3, 0.4) is 0 Å². The van der Waals surface area contributed by atoms with E-state index in [0.717, 1.165) is 0 Å². The van der Waals surface area contributed by atoms with Crippen LogP contribution in [0.2, 0.25) is 0 Å². The summed E-state index contributed by atoms with van der Waals surface area (Å²) in [5.41, 5.74) is 5.02. The first kappa shape index (κ1) is 12.8. The van der Waals surface area contributed by atoms with Crippen LogP contribution in [0.4, 0.5) is 14.6 Å². The molecule has 0 amide bonds. The van der Waals surface area contributed by atoms with Gasteiger partial charge < -0.3 is 10.5 Å². The van der Waals surface area contributed by atoms with Crippen molar-refractivity contribution in [3.05, 3.63) is 21.8 Å². The van der Waals surface area contributed by atoms with E-state index < -0.39 is 18.0 Å². The predicted molar refractivity (Wildman–Crippen MR) is 57.0 cm³/mol. The van der Waals surface area contributed by atoms with E-state index in [0.29, 0.717) is 4.47 Å². The van der Waals surface area contributed by atoms with Gasteiger partial charge in [-0.3, -0.25) is 4.79 Å². The fourth-order valence-corrected chi connectivity index (χ4v) is 1.65. The molecule has 7 heteroatoms. The van der Waals surface area contributed by atoms with E-state index in [1.54, 1.807) is 0 Å². The van der Waals surface area contributed by atoms with Crippen molar-refractivity contribution in [2.24, 2.45) is 0 Å². The van der Waals surface area contributed by atoms with Gasteiger partial charge in [-0.2, -0.15) is 0 Å². The van der Waals surface area contributed by atoms with Crippen LogP contribution < -0.4 is 5.73 Å². The summed E-state index contributed by atoms with van der Waals surface area (Å²) in [6.45, 7) is 0. The minimum absolute atomic E-state index is 0.106. The summed E-state index contributed by atoms with van der Waals surface area (Å²) in [5.74, 6) is -0.898. The summed E-state index contributed by atoms with van der Waals surface area (Å²) >= 11 is 3.05. The predicted octanol–water partition coefficient (Wildman–Crippen LogP) is 2.08. The molecule has 2 N–H and O–H groups in total. The molecule has 0 saturated carbocycles. The SMILES string of the molecule is COC(=O)Cc1c(Br)cnc(N)c1C(F)F. The minimum Gasteiger partial charge on any atom is -0.469 e. The highest BCUT2D eigenvalue weighted by atomic mass is 79.9. The zero-order valence-electron chi connectivity index (χ0n) is 8.34. The number of hydrogen-bond donors (Lipinski definition) is 1. The monoisotopic (exact) mass is 294 g/mol. The minimum atomic E-state index is -2.79. The highest BCUT2D eigenvalue weighted by Gasteiger charge is 2.22. The second-order valence-electron chi connectivity index (χ2n) is 2.94. The molecule has 16 heavy (non-hydrogen) atoms. The van der Waals surface area contributed by atoms with E-state index in [1.807, 2.05) is 0 Å². The van der Waals surface area contributed by atoms with E-state index in [1.165, 1.54) is 13.3 Å². The zero-order chi connectivity index (χ0) is 12.3. The maximum atomic E-state index is 12.7. The number of alkyl halides is 2. The van der Waals surface area contributed by atoms with Crippen LogP contribution in [-0.4, -0.2) is 18.1 Å². The lowest BCUT2D eigenvalue weighted by atomic mass is 10.1. The first-order chi connectivity index (χ1) is 7.47. The number of ether oxygens (including phenoxy) is 1. The normalized spacial score (nSPS) is 10.6. The van der Waals surface area contributed by atoms with Crippen LogP contribution in [0, 0.1) is 0 Å². The topological polar surface area (TPSA) is 65.2 Å². The molecular weight excluding hydrogens is 286 g/mol. The summed E-state index contributed by atoms with van der Waals surface area (Å²) in [7, 11) is 1.18. The molecule has 0 fully saturated rings. The van der Waals surface area contributed by atoms with Crippen LogP contribution in [0.25, 0.3) is 0 Å². The maximum absolute atomic E-state index is 12.7. The van der Waals surface area contributed by atoms with Gasteiger partial charge in [0.25, 0.3) is 6.43 Å². The Morgan fingerprint density at radius 1 is 1.69 bits per heavy atom. The second kappa shape index (κ2) is 5.20. The molecule has 1 heterocycles. The van der Waals surface area contributed by atoms with Crippen molar-refractivity contribution in [3.8, 4) is 0 Å². The molecule has 0 atom stereocenters. The number of nitrogen functional groups attached to an aromatic ring is 1. The molecular formula is C9H9BrF2N2O2. The number of pyridine rings is 1. The standard InChI is InChI=1S/C9H9BrF2N2O2/c1-16-6(15)2-4-5(10)3-14-9(13)7(4)8(11)12/h3,8H,2H2,1H3,(H2,13,14).